The number of allylic oxidation sites excluding steroid dienone is 2. The van der Waals surface area contributed by atoms with Gasteiger partial charge in [-0.3, -0.25) is 4.79 Å². The fraction of sp³-hybridized carbons (Fsp3) is 0.809. The van der Waals surface area contributed by atoms with Crippen molar-refractivity contribution in [1.29, 1.82) is 0 Å². The number of hydrogen-bond donors (Lipinski definition) is 4. The van der Waals surface area contributed by atoms with Crippen LogP contribution in [-0.4, -0.2) is 151 Å². The molecule has 7 aliphatic rings. The fourth-order valence-electron chi connectivity index (χ4n) is 10.9. The molecule has 350 valence electrons. The Bertz CT molecular complexity index is 1700. The number of aliphatic hydroxyl groups is 4. The molecule has 0 unspecified atom stereocenters. The van der Waals surface area contributed by atoms with Gasteiger partial charge in [-0.2, -0.15) is 0 Å². The van der Waals surface area contributed by atoms with E-state index >= 15 is 0 Å². The first-order valence-electron chi connectivity index (χ1n) is 22.7. The summed E-state index contributed by atoms with van der Waals surface area (Å²) in [5.74, 6) is -3.24. The van der Waals surface area contributed by atoms with E-state index in [2.05, 4.69) is 19.9 Å². The number of fused-ring (bicyclic) bond motifs is 2. The molecule has 2 bridgehead atoms. The molecule has 20 atom stereocenters. The smallest absolute Gasteiger partial charge is 0.316 e. The second-order valence-corrected chi connectivity index (χ2v) is 19.3. The van der Waals surface area contributed by atoms with Crippen molar-refractivity contribution in [2.75, 3.05) is 20.8 Å². The van der Waals surface area contributed by atoms with E-state index in [0.717, 1.165) is 5.57 Å². The Morgan fingerprint density at radius 3 is 2.26 bits per heavy atom. The average Bonchev–Trinajstić information content (AvgIpc) is 3.56. The SMILES string of the molecule is CO[C@H]1C[C@H](O[C@H]2[C@H](C)O[C@@H](O[C@@H]3/C(C)=C/C[C@@H]4C[C@@H](C[C@]5(C[C@H](O)[C@H](C)[C@@H](C(C)C)O5)O4)OC(=O)[C@@H]4C=C(C)[C@@H](O)[C@H]5OC/C(=C/C=C/[C@@H]3C)[C@]54O)C[C@@H]2OC)O[C@@H](C)[C@@H]1O. The monoisotopic (exact) mass is 876 g/mol. The minimum Gasteiger partial charge on any atom is -0.462 e. The summed E-state index contributed by atoms with van der Waals surface area (Å²) in [5.41, 5.74) is 0.0192. The molecular formula is C47H72O15. The van der Waals surface area contributed by atoms with Crippen LogP contribution in [0.1, 0.15) is 93.9 Å². The van der Waals surface area contributed by atoms with Crippen LogP contribution in [0.2, 0.25) is 0 Å². The Balaban J connectivity index is 1.18. The molecule has 62 heavy (non-hydrogen) atoms. The Hall–Kier alpha value is -2.09. The van der Waals surface area contributed by atoms with Gasteiger partial charge in [-0.15, -0.1) is 0 Å². The summed E-state index contributed by atoms with van der Waals surface area (Å²) in [6, 6.07) is 0. The van der Waals surface area contributed by atoms with Crippen LogP contribution in [0, 0.1) is 23.7 Å². The normalized spacial score (nSPS) is 50.2. The number of methoxy groups -OCH3 is 2. The molecule has 6 aliphatic heterocycles. The van der Waals surface area contributed by atoms with Crippen molar-refractivity contribution in [2.24, 2.45) is 23.7 Å². The topological polar surface area (TPSA) is 190 Å². The summed E-state index contributed by atoms with van der Waals surface area (Å²) in [7, 11) is 3.20. The number of carbonyl (C=O) groups is 1. The molecule has 0 amide bonds. The number of hydrogen-bond acceptors (Lipinski definition) is 15. The minimum absolute atomic E-state index is 0.0105. The van der Waals surface area contributed by atoms with Crippen molar-refractivity contribution in [1.82, 2.24) is 0 Å². The summed E-state index contributed by atoms with van der Waals surface area (Å²) < 4.78 is 63.4. The zero-order valence-electron chi connectivity index (χ0n) is 38.1. The fourth-order valence-corrected chi connectivity index (χ4v) is 10.9. The third-order valence-corrected chi connectivity index (χ3v) is 14.5. The van der Waals surface area contributed by atoms with Gasteiger partial charge in [0.15, 0.2) is 18.4 Å². The van der Waals surface area contributed by atoms with Crippen LogP contribution in [-0.2, 0) is 52.2 Å². The highest BCUT2D eigenvalue weighted by molar-refractivity contribution is 5.78. The molecule has 15 heteroatoms. The van der Waals surface area contributed by atoms with E-state index in [0.29, 0.717) is 36.8 Å². The highest BCUT2D eigenvalue weighted by Gasteiger charge is 2.60. The van der Waals surface area contributed by atoms with Crippen molar-refractivity contribution < 1.29 is 72.6 Å². The lowest BCUT2D eigenvalue weighted by Gasteiger charge is -2.52. The zero-order chi connectivity index (χ0) is 44.8. The first-order valence-corrected chi connectivity index (χ1v) is 22.7. The quantitative estimate of drug-likeness (QED) is 0.210. The maximum atomic E-state index is 14.3. The lowest BCUT2D eigenvalue weighted by atomic mass is 9.71. The first kappa shape index (κ1) is 47.9. The predicted molar refractivity (Wildman–Crippen MR) is 224 cm³/mol. The molecule has 1 spiro atoms. The second kappa shape index (κ2) is 19.4. The molecule has 1 aliphatic carbocycles. The summed E-state index contributed by atoms with van der Waals surface area (Å²) in [5, 5.41) is 45.6. The van der Waals surface area contributed by atoms with Crippen molar-refractivity contribution in [3.8, 4) is 0 Å². The molecule has 4 N–H and O–H groups in total. The standard InChI is InChI=1S/C47H72O15/c1-23(2)41-27(6)34(48)21-46(62-41)20-32-17-31(61-46)15-14-25(4)42(24(3)12-11-13-30-22-55-44-39(49)26(5)16-33(45(51)58-32)47(30,44)52)59-38-19-36(54-10)43(29(8)57-38)60-37-18-35(53-9)40(50)28(7)56-37/h11-14,16,23-24,27-29,31-44,48-50,52H,15,17-22H2,1-10H3/b12-11+,25-14+,30-13-/t24-,27-,28-,29-,31+,32-,33-,34-,35-,36-,37-,38-,39+,40-,41+,42-,43-,44+,46-,47+/m0/s1. The molecule has 0 radical (unpaired) electrons. The van der Waals surface area contributed by atoms with Gasteiger partial charge < -0.3 is 67.8 Å². The van der Waals surface area contributed by atoms with Gasteiger partial charge in [0.2, 0.25) is 0 Å². The van der Waals surface area contributed by atoms with Gasteiger partial charge in [-0.25, -0.2) is 0 Å². The van der Waals surface area contributed by atoms with Crippen molar-refractivity contribution in [3.63, 3.8) is 0 Å². The molecule has 5 saturated heterocycles. The van der Waals surface area contributed by atoms with E-state index in [9.17, 15) is 25.2 Å². The van der Waals surface area contributed by atoms with Crippen molar-refractivity contribution in [2.45, 2.75) is 197 Å². The second-order valence-electron chi connectivity index (χ2n) is 19.3. The number of carbonyl (C=O) groups excluding carboxylic acids is 1. The Kier molecular flexibility index (Phi) is 15.0. The van der Waals surface area contributed by atoms with Crippen LogP contribution in [0.3, 0.4) is 0 Å². The Morgan fingerprint density at radius 1 is 0.855 bits per heavy atom. The molecule has 0 aromatic heterocycles. The molecule has 7 rings (SSSR count). The molecule has 0 aromatic rings. The molecule has 5 fully saturated rings. The Labute approximate surface area is 366 Å². The van der Waals surface area contributed by atoms with Crippen LogP contribution in [0.25, 0.3) is 0 Å². The van der Waals surface area contributed by atoms with Gasteiger partial charge in [0.05, 0.1) is 55.4 Å². The van der Waals surface area contributed by atoms with Crippen molar-refractivity contribution in [3.05, 3.63) is 47.1 Å². The highest BCUT2D eigenvalue weighted by Crippen LogP contribution is 2.48. The van der Waals surface area contributed by atoms with Crippen LogP contribution < -0.4 is 0 Å². The maximum Gasteiger partial charge on any atom is 0.316 e. The minimum atomic E-state index is -1.87. The third-order valence-electron chi connectivity index (χ3n) is 14.5. The van der Waals surface area contributed by atoms with E-state index in [1.54, 1.807) is 40.2 Å². The third kappa shape index (κ3) is 9.58. The van der Waals surface area contributed by atoms with Gasteiger partial charge in [-0.1, -0.05) is 58.1 Å². The van der Waals surface area contributed by atoms with Gasteiger partial charge in [0.1, 0.15) is 42.0 Å². The summed E-state index contributed by atoms with van der Waals surface area (Å²) in [4.78, 5) is 14.3. The van der Waals surface area contributed by atoms with E-state index in [1.165, 1.54) is 0 Å². The van der Waals surface area contributed by atoms with Gasteiger partial charge in [0.25, 0.3) is 0 Å². The Morgan fingerprint density at radius 2 is 1.55 bits per heavy atom. The van der Waals surface area contributed by atoms with E-state index in [-0.39, 0.29) is 43.3 Å². The molecule has 0 saturated carbocycles. The van der Waals surface area contributed by atoms with Crippen molar-refractivity contribution >= 4 is 5.97 Å². The van der Waals surface area contributed by atoms with Gasteiger partial charge in [-0.05, 0) is 56.8 Å². The molecule has 15 nitrogen and oxygen atoms in total. The first-order chi connectivity index (χ1) is 29.4. The number of aliphatic hydroxyl groups excluding tert-OH is 3. The highest BCUT2D eigenvalue weighted by atomic mass is 16.7. The molecular weight excluding hydrogens is 805 g/mol. The predicted octanol–water partition coefficient (Wildman–Crippen LogP) is 4.18. The molecule has 6 heterocycles. The van der Waals surface area contributed by atoms with Gasteiger partial charge in [0, 0.05) is 58.2 Å². The maximum absolute atomic E-state index is 14.3. The number of ether oxygens (including phenoxy) is 10. The average molecular weight is 877 g/mol. The lowest BCUT2D eigenvalue weighted by molar-refractivity contribution is -0.353. The van der Waals surface area contributed by atoms with E-state index in [4.69, 9.17) is 47.4 Å². The molecule has 0 aromatic carbocycles. The van der Waals surface area contributed by atoms with E-state index in [1.807, 2.05) is 39.8 Å². The number of rotatable bonds is 7. The summed E-state index contributed by atoms with van der Waals surface area (Å²) in [6.45, 7) is 15.6. The van der Waals surface area contributed by atoms with Crippen LogP contribution in [0.5, 0.6) is 0 Å². The van der Waals surface area contributed by atoms with Crippen LogP contribution in [0.15, 0.2) is 47.1 Å². The summed E-state index contributed by atoms with van der Waals surface area (Å²) in [6.07, 6.45) is 2.11. The zero-order valence-corrected chi connectivity index (χ0v) is 38.1. The number of esters is 1. The lowest BCUT2D eigenvalue weighted by Crippen LogP contribution is -2.60. The van der Waals surface area contributed by atoms with E-state index < -0.39 is 109 Å². The van der Waals surface area contributed by atoms with Crippen LogP contribution >= 0.6 is 0 Å². The van der Waals surface area contributed by atoms with Gasteiger partial charge >= 0.3 is 5.97 Å². The largest absolute Gasteiger partial charge is 0.462 e. The van der Waals surface area contributed by atoms with Crippen LogP contribution in [0.4, 0.5) is 0 Å². The summed E-state index contributed by atoms with van der Waals surface area (Å²) >= 11 is 0.